The van der Waals surface area contributed by atoms with Crippen LogP contribution >= 0.6 is 0 Å². The predicted octanol–water partition coefficient (Wildman–Crippen LogP) is 2.98. The van der Waals surface area contributed by atoms with E-state index >= 15 is 0 Å². The van der Waals surface area contributed by atoms with Gasteiger partial charge in [0.05, 0.1) is 13.0 Å². The Morgan fingerprint density at radius 1 is 1.22 bits per heavy atom. The van der Waals surface area contributed by atoms with Crippen molar-refractivity contribution in [3.8, 4) is 0 Å². The summed E-state index contributed by atoms with van der Waals surface area (Å²) in [6.07, 6.45) is 8.20. The molecule has 1 saturated carbocycles. The fourth-order valence-electron chi connectivity index (χ4n) is 3.57. The minimum absolute atomic E-state index is 0.00294. The Balaban J connectivity index is 2.08. The van der Waals surface area contributed by atoms with Gasteiger partial charge in [-0.15, -0.1) is 0 Å². The molecule has 2 rings (SSSR count). The molecule has 0 bridgehead atoms. The van der Waals surface area contributed by atoms with Crippen molar-refractivity contribution < 1.29 is 9.53 Å². The van der Waals surface area contributed by atoms with E-state index in [4.69, 9.17) is 4.74 Å². The van der Waals surface area contributed by atoms with Crippen LogP contribution in [0.25, 0.3) is 0 Å². The van der Waals surface area contributed by atoms with Gasteiger partial charge in [-0.1, -0.05) is 13.3 Å². The van der Waals surface area contributed by atoms with E-state index in [1.165, 1.54) is 45.2 Å². The van der Waals surface area contributed by atoms with Crippen molar-refractivity contribution in [2.45, 2.75) is 64.3 Å². The van der Waals surface area contributed by atoms with E-state index < -0.39 is 0 Å². The van der Waals surface area contributed by atoms with Crippen LogP contribution in [0.5, 0.6) is 0 Å². The number of carbonyl (C=O) groups is 1. The lowest BCUT2D eigenvalue weighted by Gasteiger charge is -2.45. The number of carbonyl (C=O) groups excluding carboxylic acids is 1. The Morgan fingerprint density at radius 3 is 2.39 bits per heavy atom. The van der Waals surface area contributed by atoms with Crippen molar-refractivity contribution in [3.05, 3.63) is 0 Å². The first-order chi connectivity index (χ1) is 8.73. The van der Waals surface area contributed by atoms with Gasteiger partial charge in [0, 0.05) is 5.54 Å². The van der Waals surface area contributed by atoms with Gasteiger partial charge in [-0.25, -0.2) is 0 Å². The number of ether oxygens (including phenoxy) is 1. The zero-order valence-corrected chi connectivity index (χ0v) is 11.9. The average Bonchev–Trinajstić information content (AvgIpc) is 3.22. The molecule has 3 heteroatoms. The fourth-order valence-corrected chi connectivity index (χ4v) is 3.57. The van der Waals surface area contributed by atoms with Gasteiger partial charge in [0.25, 0.3) is 0 Å². The Morgan fingerprint density at radius 2 is 1.89 bits per heavy atom. The van der Waals surface area contributed by atoms with Gasteiger partial charge >= 0.3 is 5.97 Å². The van der Waals surface area contributed by atoms with E-state index in [0.29, 0.717) is 13.0 Å². The molecule has 18 heavy (non-hydrogen) atoms. The number of piperidine rings is 1. The summed E-state index contributed by atoms with van der Waals surface area (Å²) in [5.74, 6) is 0.724. The topological polar surface area (TPSA) is 29.5 Å². The zero-order valence-electron chi connectivity index (χ0n) is 11.9. The van der Waals surface area contributed by atoms with Gasteiger partial charge in [0.2, 0.25) is 0 Å². The maximum atomic E-state index is 11.9. The highest BCUT2D eigenvalue weighted by molar-refractivity contribution is 5.71. The zero-order chi connectivity index (χ0) is 13.0. The molecule has 0 spiro atoms. The molecule has 0 aromatic carbocycles. The molecular weight excluding hydrogens is 226 g/mol. The van der Waals surface area contributed by atoms with Crippen LogP contribution in [0, 0.1) is 5.92 Å². The lowest BCUT2D eigenvalue weighted by atomic mass is 9.83. The second-order valence-electron chi connectivity index (χ2n) is 5.76. The molecule has 0 aromatic heterocycles. The number of nitrogens with zero attached hydrogens (tertiary/aromatic N) is 1. The van der Waals surface area contributed by atoms with Crippen molar-refractivity contribution in [2.24, 2.45) is 5.92 Å². The third-order valence-corrected chi connectivity index (χ3v) is 4.69. The number of esters is 1. The van der Waals surface area contributed by atoms with Gasteiger partial charge in [-0.2, -0.15) is 0 Å². The highest BCUT2D eigenvalue weighted by atomic mass is 16.5. The molecule has 1 saturated heterocycles. The highest BCUT2D eigenvalue weighted by Crippen LogP contribution is 2.48. The maximum Gasteiger partial charge on any atom is 0.307 e. The largest absolute Gasteiger partial charge is 0.466 e. The number of hydrogen-bond acceptors (Lipinski definition) is 3. The van der Waals surface area contributed by atoms with Gasteiger partial charge in [0.1, 0.15) is 0 Å². The third-order valence-electron chi connectivity index (χ3n) is 4.69. The van der Waals surface area contributed by atoms with Crippen molar-refractivity contribution in [1.29, 1.82) is 0 Å². The van der Waals surface area contributed by atoms with Crippen molar-refractivity contribution in [1.82, 2.24) is 4.90 Å². The second-order valence-corrected chi connectivity index (χ2v) is 5.76. The SMILES string of the molecule is CCOC(=O)CC(CC)(C1CC1)N1CCCCC1. The minimum Gasteiger partial charge on any atom is -0.466 e. The molecular formula is C15H27NO2. The highest BCUT2D eigenvalue weighted by Gasteiger charge is 2.49. The monoisotopic (exact) mass is 253 g/mol. The van der Waals surface area contributed by atoms with Crippen LogP contribution < -0.4 is 0 Å². The molecule has 1 aliphatic heterocycles. The Kier molecular flexibility index (Phi) is 4.66. The van der Waals surface area contributed by atoms with E-state index in [9.17, 15) is 4.79 Å². The Hall–Kier alpha value is -0.570. The van der Waals surface area contributed by atoms with Crippen LogP contribution in [-0.4, -0.2) is 36.1 Å². The van der Waals surface area contributed by atoms with E-state index in [1.54, 1.807) is 0 Å². The standard InChI is InChI=1S/C15H27NO2/c1-3-15(13-8-9-13,12-14(17)18-4-2)16-10-6-5-7-11-16/h13H,3-12H2,1-2H3. The van der Waals surface area contributed by atoms with Crippen molar-refractivity contribution in [2.75, 3.05) is 19.7 Å². The van der Waals surface area contributed by atoms with Crippen molar-refractivity contribution >= 4 is 5.97 Å². The number of rotatable bonds is 6. The summed E-state index contributed by atoms with van der Waals surface area (Å²) in [5, 5.41) is 0. The second kappa shape index (κ2) is 6.05. The summed E-state index contributed by atoms with van der Waals surface area (Å²) >= 11 is 0. The first kappa shape index (κ1) is 13.9. The number of likely N-dealkylation sites (tertiary alicyclic amines) is 1. The molecule has 1 unspecified atom stereocenters. The molecule has 104 valence electrons. The summed E-state index contributed by atoms with van der Waals surface area (Å²) in [7, 11) is 0. The van der Waals surface area contributed by atoms with E-state index in [-0.39, 0.29) is 11.5 Å². The first-order valence-electron chi connectivity index (χ1n) is 7.63. The Bertz CT molecular complexity index is 282. The minimum atomic E-state index is -0.00294. The average molecular weight is 253 g/mol. The molecule has 1 atom stereocenters. The third kappa shape index (κ3) is 2.87. The van der Waals surface area contributed by atoms with Crippen LogP contribution in [0.15, 0.2) is 0 Å². The molecule has 1 aliphatic carbocycles. The molecule has 3 nitrogen and oxygen atoms in total. The van der Waals surface area contributed by atoms with Crippen LogP contribution in [0.2, 0.25) is 0 Å². The summed E-state index contributed by atoms with van der Waals surface area (Å²) in [6, 6.07) is 0. The summed E-state index contributed by atoms with van der Waals surface area (Å²) in [5.41, 5.74) is 0.104. The lowest BCUT2D eigenvalue weighted by Crippen LogP contribution is -2.53. The Labute approximate surface area is 111 Å². The van der Waals surface area contributed by atoms with Crippen LogP contribution in [0.3, 0.4) is 0 Å². The molecule has 2 fully saturated rings. The van der Waals surface area contributed by atoms with Crippen LogP contribution in [0.4, 0.5) is 0 Å². The maximum absolute atomic E-state index is 11.9. The molecule has 0 radical (unpaired) electrons. The van der Waals surface area contributed by atoms with E-state index in [0.717, 1.165) is 12.3 Å². The molecule has 0 aromatic rings. The van der Waals surface area contributed by atoms with E-state index in [1.807, 2.05) is 6.92 Å². The van der Waals surface area contributed by atoms with Gasteiger partial charge < -0.3 is 4.74 Å². The summed E-state index contributed by atoms with van der Waals surface area (Å²) in [6.45, 7) is 6.98. The molecule has 2 aliphatic rings. The predicted molar refractivity (Wildman–Crippen MR) is 72.4 cm³/mol. The lowest BCUT2D eigenvalue weighted by molar-refractivity contribution is -0.147. The van der Waals surface area contributed by atoms with Crippen LogP contribution in [-0.2, 0) is 9.53 Å². The fraction of sp³-hybridized carbons (Fsp3) is 0.933. The first-order valence-corrected chi connectivity index (χ1v) is 7.63. The summed E-state index contributed by atoms with van der Waals surface area (Å²) in [4.78, 5) is 14.5. The normalized spacial score (nSPS) is 24.6. The van der Waals surface area contributed by atoms with Gasteiger partial charge in [-0.05, 0) is 58.0 Å². The van der Waals surface area contributed by atoms with E-state index in [2.05, 4.69) is 11.8 Å². The van der Waals surface area contributed by atoms with Gasteiger partial charge in [0.15, 0.2) is 0 Å². The summed E-state index contributed by atoms with van der Waals surface area (Å²) < 4.78 is 5.20. The van der Waals surface area contributed by atoms with Crippen LogP contribution in [0.1, 0.15) is 58.8 Å². The smallest absolute Gasteiger partial charge is 0.307 e. The quantitative estimate of drug-likeness (QED) is 0.682. The van der Waals surface area contributed by atoms with Gasteiger partial charge in [-0.3, -0.25) is 9.69 Å². The van der Waals surface area contributed by atoms with Crippen molar-refractivity contribution in [3.63, 3.8) is 0 Å². The number of hydrogen-bond donors (Lipinski definition) is 0. The molecule has 0 amide bonds. The molecule has 0 N–H and O–H groups in total. The molecule has 1 heterocycles.